The second kappa shape index (κ2) is 3.63. The molecule has 0 saturated carbocycles. The molecule has 2 heterocycles. The molecule has 17 heavy (non-hydrogen) atoms. The molecule has 0 amide bonds. The standard InChI is InChI=1S/C12H13F3N2/c13-12(14,15)8-2-1-3-10(4-8)17-7-9-5-11(17)6-16-9/h1-4,9,11,16H,5-7H2/p+1/t9-,11-/m1/s1. The average molecular weight is 243 g/mol. The lowest BCUT2D eigenvalue weighted by Crippen LogP contribution is -2.91. The molecular weight excluding hydrogens is 229 g/mol. The van der Waals surface area contributed by atoms with Gasteiger partial charge < -0.3 is 10.2 Å². The summed E-state index contributed by atoms with van der Waals surface area (Å²) in [6.07, 6.45) is -3.16. The first kappa shape index (κ1) is 10.9. The lowest BCUT2D eigenvalue weighted by Gasteiger charge is -2.27. The van der Waals surface area contributed by atoms with Gasteiger partial charge in [0.15, 0.2) is 0 Å². The molecule has 2 aliphatic heterocycles. The summed E-state index contributed by atoms with van der Waals surface area (Å²) in [6.45, 7) is 1.87. The summed E-state index contributed by atoms with van der Waals surface area (Å²) in [5.41, 5.74) is 0.155. The van der Waals surface area contributed by atoms with Gasteiger partial charge in [-0.15, -0.1) is 0 Å². The maximum absolute atomic E-state index is 12.6. The zero-order valence-electron chi connectivity index (χ0n) is 9.24. The molecule has 0 spiro atoms. The van der Waals surface area contributed by atoms with Crippen LogP contribution in [-0.4, -0.2) is 25.2 Å². The minimum atomic E-state index is -4.25. The number of piperazine rings is 1. The topological polar surface area (TPSA) is 19.9 Å². The van der Waals surface area contributed by atoms with Gasteiger partial charge in [-0.3, -0.25) is 0 Å². The van der Waals surface area contributed by atoms with Crippen LogP contribution in [0.5, 0.6) is 0 Å². The predicted molar refractivity (Wildman–Crippen MR) is 57.8 cm³/mol. The Hall–Kier alpha value is -1.23. The highest BCUT2D eigenvalue weighted by Crippen LogP contribution is 2.33. The lowest BCUT2D eigenvalue weighted by molar-refractivity contribution is -0.672. The van der Waals surface area contributed by atoms with Gasteiger partial charge in [0.25, 0.3) is 0 Å². The summed E-state index contributed by atoms with van der Waals surface area (Å²) >= 11 is 0. The van der Waals surface area contributed by atoms with Crippen molar-refractivity contribution >= 4 is 5.69 Å². The molecule has 92 valence electrons. The number of quaternary nitrogens is 1. The smallest absolute Gasteiger partial charge is 0.357 e. The predicted octanol–water partition coefficient (Wildman–Crippen LogP) is 1.23. The van der Waals surface area contributed by atoms with Crippen molar-refractivity contribution in [2.45, 2.75) is 24.7 Å². The molecule has 0 aliphatic carbocycles. The summed E-state index contributed by atoms with van der Waals surface area (Å²) in [6, 6.07) is 6.63. The first-order chi connectivity index (χ1) is 8.04. The molecule has 5 heteroatoms. The molecular formula is C12H14F3N2+. The number of alkyl halides is 3. The average Bonchev–Trinajstić information content (AvgIpc) is 2.89. The Kier molecular flexibility index (Phi) is 2.33. The summed E-state index contributed by atoms with van der Waals surface area (Å²) in [5, 5.41) is 2.29. The van der Waals surface area contributed by atoms with Crippen molar-refractivity contribution in [2.75, 3.05) is 18.0 Å². The zero-order chi connectivity index (χ0) is 12.0. The van der Waals surface area contributed by atoms with E-state index in [1.165, 1.54) is 12.1 Å². The van der Waals surface area contributed by atoms with E-state index < -0.39 is 11.7 Å². The van der Waals surface area contributed by atoms with E-state index in [9.17, 15) is 13.2 Å². The van der Waals surface area contributed by atoms with E-state index in [1.807, 2.05) is 0 Å². The van der Waals surface area contributed by atoms with Crippen molar-refractivity contribution in [1.82, 2.24) is 0 Å². The Labute approximate surface area is 97.4 Å². The lowest BCUT2D eigenvalue weighted by atomic mass is 10.1. The SMILES string of the molecule is FC(F)(F)c1cccc(N2C[C@H]3C[C@@H]2C[NH2+]3)c1. The van der Waals surface area contributed by atoms with Crippen LogP contribution in [0, 0.1) is 0 Å². The fraction of sp³-hybridized carbons (Fsp3) is 0.500. The molecule has 0 unspecified atom stereocenters. The molecule has 1 aromatic rings. The van der Waals surface area contributed by atoms with Gasteiger partial charge in [0.2, 0.25) is 0 Å². The number of rotatable bonds is 1. The quantitative estimate of drug-likeness (QED) is 0.786. The number of fused-ring (bicyclic) bond motifs is 2. The fourth-order valence-electron chi connectivity index (χ4n) is 2.87. The Balaban J connectivity index is 1.89. The zero-order valence-corrected chi connectivity index (χ0v) is 9.24. The van der Waals surface area contributed by atoms with Crippen LogP contribution in [0.4, 0.5) is 18.9 Å². The van der Waals surface area contributed by atoms with Crippen LogP contribution in [0.1, 0.15) is 12.0 Å². The van der Waals surface area contributed by atoms with Gasteiger partial charge >= 0.3 is 6.18 Å². The Bertz CT molecular complexity index is 430. The van der Waals surface area contributed by atoms with Crippen LogP contribution >= 0.6 is 0 Å². The van der Waals surface area contributed by atoms with Crippen molar-refractivity contribution in [2.24, 2.45) is 0 Å². The van der Waals surface area contributed by atoms with E-state index in [2.05, 4.69) is 10.2 Å². The summed E-state index contributed by atoms with van der Waals surface area (Å²) in [7, 11) is 0. The highest BCUT2D eigenvalue weighted by atomic mass is 19.4. The molecule has 2 nitrogen and oxygen atoms in total. The molecule has 2 fully saturated rings. The first-order valence-corrected chi connectivity index (χ1v) is 5.81. The van der Waals surface area contributed by atoms with Gasteiger partial charge in [0, 0.05) is 12.1 Å². The van der Waals surface area contributed by atoms with Crippen LogP contribution in [-0.2, 0) is 6.18 Å². The van der Waals surface area contributed by atoms with Crippen molar-refractivity contribution in [3.8, 4) is 0 Å². The molecule has 0 aromatic heterocycles. The van der Waals surface area contributed by atoms with Crippen molar-refractivity contribution < 1.29 is 18.5 Å². The third-order valence-electron chi connectivity index (χ3n) is 3.69. The van der Waals surface area contributed by atoms with Crippen LogP contribution in [0.25, 0.3) is 0 Å². The van der Waals surface area contributed by atoms with E-state index >= 15 is 0 Å². The van der Waals surface area contributed by atoms with Gasteiger partial charge in [-0.1, -0.05) is 6.07 Å². The molecule has 3 rings (SSSR count). The fourth-order valence-corrected chi connectivity index (χ4v) is 2.87. The minimum absolute atomic E-state index is 0.406. The number of anilines is 1. The van der Waals surface area contributed by atoms with E-state index in [-0.39, 0.29) is 0 Å². The maximum atomic E-state index is 12.6. The molecule has 2 N–H and O–H groups in total. The van der Waals surface area contributed by atoms with E-state index in [0.29, 0.717) is 17.8 Å². The molecule has 2 bridgehead atoms. The molecule has 2 saturated heterocycles. The number of nitrogens with zero attached hydrogens (tertiary/aromatic N) is 1. The summed E-state index contributed by atoms with van der Waals surface area (Å²) in [5.74, 6) is 0. The number of benzene rings is 1. The van der Waals surface area contributed by atoms with Crippen molar-refractivity contribution in [3.63, 3.8) is 0 Å². The highest BCUT2D eigenvalue weighted by molar-refractivity contribution is 5.51. The van der Waals surface area contributed by atoms with Crippen LogP contribution in [0.3, 0.4) is 0 Å². The van der Waals surface area contributed by atoms with Crippen molar-refractivity contribution in [3.05, 3.63) is 29.8 Å². The number of halogens is 3. The van der Waals surface area contributed by atoms with Crippen LogP contribution in [0.15, 0.2) is 24.3 Å². The van der Waals surface area contributed by atoms with Gasteiger partial charge in [0.05, 0.1) is 24.7 Å². The second-order valence-corrected chi connectivity index (χ2v) is 4.82. The highest BCUT2D eigenvalue weighted by Gasteiger charge is 2.42. The number of hydrogen-bond donors (Lipinski definition) is 1. The Morgan fingerprint density at radius 2 is 2.12 bits per heavy atom. The third-order valence-corrected chi connectivity index (χ3v) is 3.69. The van der Waals surface area contributed by atoms with E-state index in [1.54, 1.807) is 6.07 Å². The minimum Gasteiger partial charge on any atom is -0.357 e. The molecule has 2 aliphatic rings. The Morgan fingerprint density at radius 3 is 2.71 bits per heavy atom. The summed E-state index contributed by atoms with van der Waals surface area (Å²) in [4.78, 5) is 2.11. The molecule has 0 radical (unpaired) electrons. The Morgan fingerprint density at radius 1 is 1.29 bits per heavy atom. The maximum Gasteiger partial charge on any atom is 0.416 e. The van der Waals surface area contributed by atoms with Gasteiger partial charge in [-0.2, -0.15) is 13.2 Å². The van der Waals surface area contributed by atoms with Gasteiger partial charge in [-0.25, -0.2) is 0 Å². The summed E-state index contributed by atoms with van der Waals surface area (Å²) < 4.78 is 37.9. The number of hydrogen-bond acceptors (Lipinski definition) is 1. The van der Waals surface area contributed by atoms with Gasteiger partial charge in [-0.05, 0) is 18.2 Å². The second-order valence-electron chi connectivity index (χ2n) is 4.82. The number of nitrogens with two attached hydrogens (primary N) is 1. The largest absolute Gasteiger partial charge is 0.416 e. The third kappa shape index (κ3) is 1.88. The van der Waals surface area contributed by atoms with Crippen LogP contribution in [0.2, 0.25) is 0 Å². The normalized spacial score (nSPS) is 27.8. The molecule has 1 aromatic carbocycles. The van der Waals surface area contributed by atoms with Crippen molar-refractivity contribution in [1.29, 1.82) is 0 Å². The monoisotopic (exact) mass is 243 g/mol. The first-order valence-electron chi connectivity index (χ1n) is 5.81. The van der Waals surface area contributed by atoms with E-state index in [0.717, 1.165) is 25.6 Å². The van der Waals surface area contributed by atoms with Crippen LogP contribution < -0.4 is 10.2 Å². The molecule has 2 atom stereocenters. The van der Waals surface area contributed by atoms with E-state index in [4.69, 9.17) is 0 Å². The van der Waals surface area contributed by atoms with Gasteiger partial charge in [0.1, 0.15) is 6.04 Å².